The molecule has 0 spiro atoms. The quantitative estimate of drug-likeness (QED) is 0.809. The molecule has 0 N–H and O–H groups in total. The van der Waals surface area contributed by atoms with Gasteiger partial charge in [-0.1, -0.05) is 42.8 Å². The molecule has 0 saturated carbocycles. The molecule has 1 fully saturated rings. The minimum atomic E-state index is 0.329. The molecule has 0 unspecified atom stereocenters. The van der Waals surface area contributed by atoms with Crippen molar-refractivity contribution in [3.05, 3.63) is 47.5 Å². The molecule has 1 aliphatic heterocycles. The summed E-state index contributed by atoms with van der Waals surface area (Å²) in [5.74, 6) is 1.43. The number of hydrogen-bond acceptors (Lipinski definition) is 2. The van der Waals surface area contributed by atoms with Crippen LogP contribution in [0.15, 0.2) is 42.0 Å². The lowest BCUT2D eigenvalue weighted by Gasteiger charge is -2.39. The molecule has 1 aromatic carbocycles. The molecular formula is C17H21NO. The molecule has 0 amide bonds. The number of benzene rings is 1. The van der Waals surface area contributed by atoms with E-state index in [1.54, 1.807) is 0 Å². The Morgan fingerprint density at radius 2 is 2.05 bits per heavy atom. The van der Waals surface area contributed by atoms with Crippen molar-refractivity contribution in [2.24, 2.45) is 11.8 Å². The number of ketones is 1. The highest BCUT2D eigenvalue weighted by Gasteiger charge is 2.32. The maximum atomic E-state index is 11.6. The molecule has 0 bridgehead atoms. The van der Waals surface area contributed by atoms with Gasteiger partial charge in [0.25, 0.3) is 0 Å². The minimum Gasteiger partial charge on any atom is -0.298 e. The Bertz CT molecular complexity index is 491. The summed E-state index contributed by atoms with van der Waals surface area (Å²) in [5.41, 5.74) is 2.78. The predicted molar refractivity (Wildman–Crippen MR) is 76.7 cm³/mol. The van der Waals surface area contributed by atoms with Crippen LogP contribution in [0.3, 0.4) is 0 Å². The number of carbonyl (C=O) groups excluding carboxylic acids is 1. The van der Waals surface area contributed by atoms with Crippen LogP contribution in [0.2, 0.25) is 0 Å². The van der Waals surface area contributed by atoms with E-state index in [2.05, 4.69) is 42.2 Å². The number of piperidine rings is 1. The fraction of sp³-hybridized carbons (Fsp3) is 0.471. The van der Waals surface area contributed by atoms with Gasteiger partial charge in [0.05, 0.1) is 0 Å². The van der Waals surface area contributed by atoms with Gasteiger partial charge in [-0.15, -0.1) is 0 Å². The maximum absolute atomic E-state index is 11.6. The summed E-state index contributed by atoms with van der Waals surface area (Å²) in [6.07, 6.45) is 3.71. The van der Waals surface area contributed by atoms with Crippen molar-refractivity contribution in [1.29, 1.82) is 0 Å². The second-order valence-electron chi connectivity index (χ2n) is 5.94. The predicted octanol–water partition coefficient (Wildman–Crippen LogP) is 3.04. The normalized spacial score (nSPS) is 27.8. The molecule has 2 atom stereocenters. The van der Waals surface area contributed by atoms with Crippen LogP contribution < -0.4 is 0 Å². The summed E-state index contributed by atoms with van der Waals surface area (Å²) in [6.45, 7) is 5.44. The number of likely N-dealkylation sites (tertiary alicyclic amines) is 1. The highest BCUT2D eigenvalue weighted by Crippen LogP contribution is 2.35. The third-order valence-electron chi connectivity index (χ3n) is 4.45. The molecule has 0 radical (unpaired) electrons. The van der Waals surface area contributed by atoms with Gasteiger partial charge in [-0.25, -0.2) is 0 Å². The molecule has 1 aliphatic carbocycles. The van der Waals surface area contributed by atoms with E-state index < -0.39 is 0 Å². The fourth-order valence-electron chi connectivity index (χ4n) is 3.39. The van der Waals surface area contributed by atoms with E-state index in [0.717, 1.165) is 32.5 Å². The smallest absolute Gasteiger partial charge is 0.155 e. The van der Waals surface area contributed by atoms with E-state index in [-0.39, 0.29) is 0 Å². The minimum absolute atomic E-state index is 0.329. The van der Waals surface area contributed by atoms with E-state index in [4.69, 9.17) is 0 Å². The van der Waals surface area contributed by atoms with Crippen LogP contribution >= 0.6 is 0 Å². The summed E-state index contributed by atoms with van der Waals surface area (Å²) in [5, 5.41) is 0. The van der Waals surface area contributed by atoms with E-state index in [0.29, 0.717) is 17.6 Å². The summed E-state index contributed by atoms with van der Waals surface area (Å²) in [7, 11) is 0. The summed E-state index contributed by atoms with van der Waals surface area (Å²) in [4.78, 5) is 14.1. The number of carbonyl (C=O) groups is 1. The average molecular weight is 255 g/mol. The SMILES string of the molecule is C[C@H]1CC(=O)C=C2CCN(Cc3ccccc3)C[C@@H]21. The molecule has 100 valence electrons. The molecule has 0 aromatic heterocycles. The number of hydrogen-bond donors (Lipinski definition) is 0. The second-order valence-corrected chi connectivity index (χ2v) is 5.94. The van der Waals surface area contributed by atoms with E-state index in [1.165, 1.54) is 11.1 Å². The zero-order chi connectivity index (χ0) is 13.2. The van der Waals surface area contributed by atoms with Gasteiger partial charge in [0.1, 0.15) is 0 Å². The summed E-state index contributed by atoms with van der Waals surface area (Å²) < 4.78 is 0. The highest BCUT2D eigenvalue weighted by atomic mass is 16.1. The second kappa shape index (κ2) is 5.30. The highest BCUT2D eigenvalue weighted by molar-refractivity contribution is 5.91. The number of allylic oxidation sites excluding steroid dienone is 1. The van der Waals surface area contributed by atoms with E-state index >= 15 is 0 Å². The first kappa shape index (κ1) is 12.6. The molecule has 2 heteroatoms. The Balaban J connectivity index is 1.69. The Morgan fingerprint density at radius 3 is 2.84 bits per heavy atom. The molecule has 19 heavy (non-hydrogen) atoms. The molecule has 1 saturated heterocycles. The van der Waals surface area contributed by atoms with Gasteiger partial charge >= 0.3 is 0 Å². The largest absolute Gasteiger partial charge is 0.298 e. The lowest BCUT2D eigenvalue weighted by atomic mass is 9.75. The van der Waals surface area contributed by atoms with Crippen molar-refractivity contribution in [3.63, 3.8) is 0 Å². The average Bonchev–Trinajstić information content (AvgIpc) is 2.40. The first-order valence-corrected chi connectivity index (χ1v) is 7.22. The lowest BCUT2D eigenvalue weighted by Crippen LogP contribution is -2.41. The molecule has 2 nitrogen and oxygen atoms in total. The van der Waals surface area contributed by atoms with Gasteiger partial charge < -0.3 is 0 Å². The van der Waals surface area contributed by atoms with Crippen molar-refractivity contribution >= 4 is 5.78 Å². The summed E-state index contributed by atoms with van der Waals surface area (Å²) in [6, 6.07) is 10.7. The van der Waals surface area contributed by atoms with Crippen LogP contribution in [0.4, 0.5) is 0 Å². The first-order valence-electron chi connectivity index (χ1n) is 7.22. The van der Waals surface area contributed by atoms with Gasteiger partial charge in [0, 0.05) is 26.1 Å². The monoisotopic (exact) mass is 255 g/mol. The Hall–Kier alpha value is -1.41. The number of rotatable bonds is 2. The fourth-order valence-corrected chi connectivity index (χ4v) is 3.39. The van der Waals surface area contributed by atoms with Crippen molar-refractivity contribution in [2.75, 3.05) is 13.1 Å². The van der Waals surface area contributed by atoms with E-state index in [1.807, 2.05) is 6.08 Å². The maximum Gasteiger partial charge on any atom is 0.155 e. The van der Waals surface area contributed by atoms with Gasteiger partial charge in [-0.3, -0.25) is 9.69 Å². The van der Waals surface area contributed by atoms with Gasteiger partial charge in [-0.2, -0.15) is 0 Å². The van der Waals surface area contributed by atoms with Crippen LogP contribution in [0, 0.1) is 11.8 Å². The first-order chi connectivity index (χ1) is 9.22. The standard InChI is InChI=1S/C17H21NO/c1-13-9-16(19)10-15-7-8-18(12-17(13)15)11-14-5-3-2-4-6-14/h2-6,10,13,17H,7-9,11-12H2,1H3/t13-,17+/m0/s1. The zero-order valence-electron chi connectivity index (χ0n) is 11.5. The topological polar surface area (TPSA) is 20.3 Å². The van der Waals surface area contributed by atoms with Crippen molar-refractivity contribution in [1.82, 2.24) is 4.90 Å². The Morgan fingerprint density at radius 1 is 1.26 bits per heavy atom. The van der Waals surface area contributed by atoms with Gasteiger partial charge in [0.2, 0.25) is 0 Å². The Labute approximate surface area is 115 Å². The van der Waals surface area contributed by atoms with Crippen molar-refractivity contribution < 1.29 is 4.79 Å². The van der Waals surface area contributed by atoms with E-state index in [9.17, 15) is 4.79 Å². The Kier molecular flexibility index (Phi) is 3.52. The number of fused-ring (bicyclic) bond motifs is 1. The van der Waals surface area contributed by atoms with Gasteiger partial charge in [0.15, 0.2) is 5.78 Å². The molecule has 1 heterocycles. The molecular weight excluding hydrogens is 234 g/mol. The van der Waals surface area contributed by atoms with Crippen molar-refractivity contribution in [2.45, 2.75) is 26.3 Å². The van der Waals surface area contributed by atoms with Crippen molar-refractivity contribution in [3.8, 4) is 0 Å². The molecule has 3 rings (SSSR count). The van der Waals surface area contributed by atoms with Gasteiger partial charge in [-0.05, 0) is 29.9 Å². The summed E-state index contributed by atoms with van der Waals surface area (Å²) >= 11 is 0. The lowest BCUT2D eigenvalue weighted by molar-refractivity contribution is -0.116. The van der Waals surface area contributed by atoms with Crippen LogP contribution in [0.25, 0.3) is 0 Å². The third-order valence-corrected chi connectivity index (χ3v) is 4.45. The van der Waals surface area contributed by atoms with Crippen LogP contribution in [0.1, 0.15) is 25.3 Å². The third kappa shape index (κ3) is 2.79. The van der Waals surface area contributed by atoms with Crippen LogP contribution in [0.5, 0.6) is 0 Å². The zero-order valence-corrected chi connectivity index (χ0v) is 11.5. The van der Waals surface area contributed by atoms with Crippen LogP contribution in [-0.4, -0.2) is 23.8 Å². The molecule has 1 aromatic rings. The number of nitrogens with zero attached hydrogens (tertiary/aromatic N) is 1. The molecule has 2 aliphatic rings. The van der Waals surface area contributed by atoms with Crippen LogP contribution in [-0.2, 0) is 11.3 Å².